The number of benzene rings is 1. The van der Waals surface area contributed by atoms with Crippen LogP contribution in [0.1, 0.15) is 6.92 Å². The molecule has 0 aliphatic rings. The fourth-order valence-electron chi connectivity index (χ4n) is 3.27. The Hall–Kier alpha value is -3.62. The summed E-state index contributed by atoms with van der Waals surface area (Å²) >= 11 is 0. The van der Waals surface area contributed by atoms with Gasteiger partial charge in [0.1, 0.15) is 11.6 Å². The molecular formula is C19H21N7O2. The SMILES string of the molecule is CCNc1ncc(-c2nccn2-c2cc3c(cc2OC)n(C)c(=O)n3C)cn1. The molecule has 0 saturated carbocycles. The zero-order chi connectivity index (χ0) is 19.8. The number of aryl methyl sites for hydroxylation is 2. The number of ether oxygens (including phenoxy) is 1. The third-order valence-corrected chi connectivity index (χ3v) is 4.72. The van der Waals surface area contributed by atoms with Crippen molar-refractivity contribution in [3.8, 4) is 22.8 Å². The Balaban J connectivity index is 1.88. The highest BCUT2D eigenvalue weighted by Crippen LogP contribution is 2.31. The van der Waals surface area contributed by atoms with Crippen molar-refractivity contribution in [1.82, 2.24) is 28.7 Å². The van der Waals surface area contributed by atoms with Crippen molar-refractivity contribution >= 4 is 17.0 Å². The van der Waals surface area contributed by atoms with Gasteiger partial charge in [0.15, 0.2) is 0 Å². The first-order chi connectivity index (χ1) is 13.5. The maximum Gasteiger partial charge on any atom is 0.328 e. The number of aromatic nitrogens is 6. The molecule has 0 radical (unpaired) electrons. The van der Waals surface area contributed by atoms with E-state index < -0.39 is 0 Å². The minimum absolute atomic E-state index is 0.0903. The molecule has 4 aromatic rings. The highest BCUT2D eigenvalue weighted by Gasteiger charge is 2.17. The Labute approximate surface area is 161 Å². The second kappa shape index (κ2) is 6.84. The lowest BCUT2D eigenvalue weighted by molar-refractivity contribution is 0.413. The minimum Gasteiger partial charge on any atom is -0.494 e. The minimum atomic E-state index is -0.0903. The van der Waals surface area contributed by atoms with Gasteiger partial charge in [-0.3, -0.25) is 13.7 Å². The third-order valence-electron chi connectivity index (χ3n) is 4.72. The second-order valence-electron chi connectivity index (χ2n) is 6.36. The zero-order valence-electron chi connectivity index (χ0n) is 16.2. The molecule has 0 unspecified atom stereocenters. The molecule has 0 aliphatic heterocycles. The summed E-state index contributed by atoms with van der Waals surface area (Å²) in [5.74, 6) is 1.89. The summed E-state index contributed by atoms with van der Waals surface area (Å²) in [6, 6.07) is 3.79. The van der Waals surface area contributed by atoms with Crippen LogP contribution in [0.25, 0.3) is 28.1 Å². The fraction of sp³-hybridized carbons (Fsp3) is 0.263. The van der Waals surface area contributed by atoms with Crippen LogP contribution in [0.4, 0.5) is 5.95 Å². The van der Waals surface area contributed by atoms with Gasteiger partial charge >= 0.3 is 5.69 Å². The smallest absolute Gasteiger partial charge is 0.328 e. The summed E-state index contributed by atoms with van der Waals surface area (Å²) in [4.78, 5) is 25.4. The van der Waals surface area contributed by atoms with Crippen molar-refractivity contribution in [2.75, 3.05) is 19.0 Å². The van der Waals surface area contributed by atoms with Crippen LogP contribution in [-0.2, 0) is 14.1 Å². The van der Waals surface area contributed by atoms with Crippen LogP contribution < -0.4 is 15.7 Å². The number of anilines is 1. The van der Waals surface area contributed by atoms with E-state index in [2.05, 4.69) is 20.3 Å². The molecule has 3 heterocycles. The molecule has 4 rings (SSSR count). The average molecular weight is 379 g/mol. The van der Waals surface area contributed by atoms with Gasteiger partial charge in [-0.2, -0.15) is 0 Å². The maximum atomic E-state index is 12.3. The number of hydrogen-bond donors (Lipinski definition) is 1. The fourth-order valence-corrected chi connectivity index (χ4v) is 3.27. The average Bonchev–Trinajstić information content (AvgIpc) is 3.28. The number of methoxy groups -OCH3 is 1. The van der Waals surface area contributed by atoms with Gasteiger partial charge in [-0.25, -0.2) is 19.7 Å². The number of nitrogens with one attached hydrogen (secondary N) is 1. The Morgan fingerprint density at radius 3 is 2.39 bits per heavy atom. The van der Waals surface area contributed by atoms with E-state index in [0.717, 1.165) is 28.8 Å². The number of nitrogens with zero attached hydrogens (tertiary/aromatic N) is 6. The van der Waals surface area contributed by atoms with Crippen molar-refractivity contribution in [2.45, 2.75) is 6.92 Å². The van der Waals surface area contributed by atoms with Gasteiger partial charge in [0.25, 0.3) is 0 Å². The number of imidazole rings is 2. The van der Waals surface area contributed by atoms with Crippen LogP contribution in [0.5, 0.6) is 5.75 Å². The summed E-state index contributed by atoms with van der Waals surface area (Å²) in [6.07, 6.45) is 7.01. The Morgan fingerprint density at radius 2 is 1.75 bits per heavy atom. The molecule has 0 aliphatic carbocycles. The first-order valence-electron chi connectivity index (χ1n) is 8.88. The van der Waals surface area contributed by atoms with Gasteiger partial charge < -0.3 is 10.1 Å². The quantitative estimate of drug-likeness (QED) is 0.570. The molecule has 0 fully saturated rings. The van der Waals surface area contributed by atoms with Crippen molar-refractivity contribution < 1.29 is 4.74 Å². The van der Waals surface area contributed by atoms with Crippen LogP contribution in [0.2, 0.25) is 0 Å². The Morgan fingerprint density at radius 1 is 1.07 bits per heavy atom. The van der Waals surface area contributed by atoms with Crippen molar-refractivity contribution in [1.29, 1.82) is 0 Å². The van der Waals surface area contributed by atoms with E-state index in [1.165, 1.54) is 0 Å². The van der Waals surface area contributed by atoms with Crippen molar-refractivity contribution in [2.24, 2.45) is 14.1 Å². The summed E-state index contributed by atoms with van der Waals surface area (Å²) in [7, 11) is 5.11. The summed E-state index contributed by atoms with van der Waals surface area (Å²) < 4.78 is 10.7. The van der Waals surface area contributed by atoms with Gasteiger partial charge in [-0.05, 0) is 13.0 Å². The predicted octanol–water partition coefficient (Wildman–Crippen LogP) is 1.96. The predicted molar refractivity (Wildman–Crippen MR) is 107 cm³/mol. The standard InChI is InChI=1S/C19H21N7O2/c1-5-20-18-22-10-12(11-23-18)17-21-6-7-26(17)15-8-13-14(9-16(15)28-4)25(3)19(27)24(13)2/h6-11H,5H2,1-4H3,(H,20,22,23). The van der Waals surface area contributed by atoms with Crippen LogP contribution in [-0.4, -0.2) is 42.3 Å². The van der Waals surface area contributed by atoms with E-state index in [0.29, 0.717) is 17.5 Å². The topological polar surface area (TPSA) is 91.8 Å². The van der Waals surface area contributed by atoms with E-state index in [1.54, 1.807) is 48.9 Å². The maximum absolute atomic E-state index is 12.3. The molecule has 28 heavy (non-hydrogen) atoms. The van der Waals surface area contributed by atoms with Gasteiger partial charge in [-0.15, -0.1) is 0 Å². The highest BCUT2D eigenvalue weighted by molar-refractivity contribution is 5.82. The lowest BCUT2D eigenvalue weighted by atomic mass is 10.2. The number of fused-ring (bicyclic) bond motifs is 1. The molecule has 9 nitrogen and oxygen atoms in total. The van der Waals surface area contributed by atoms with E-state index in [9.17, 15) is 4.79 Å². The molecule has 0 amide bonds. The molecular weight excluding hydrogens is 358 g/mol. The summed E-state index contributed by atoms with van der Waals surface area (Å²) in [5, 5.41) is 3.07. The lowest BCUT2D eigenvalue weighted by Gasteiger charge is -2.13. The van der Waals surface area contributed by atoms with Gasteiger partial charge in [0.05, 0.1) is 29.4 Å². The number of hydrogen-bond acceptors (Lipinski definition) is 6. The molecule has 9 heteroatoms. The molecule has 0 spiro atoms. The van der Waals surface area contributed by atoms with Gasteiger partial charge in [0, 0.05) is 51.5 Å². The van der Waals surface area contributed by atoms with E-state index in [-0.39, 0.29) is 5.69 Å². The highest BCUT2D eigenvalue weighted by atomic mass is 16.5. The molecule has 3 aromatic heterocycles. The van der Waals surface area contributed by atoms with E-state index >= 15 is 0 Å². The van der Waals surface area contributed by atoms with Gasteiger partial charge in [0.2, 0.25) is 5.95 Å². The molecule has 0 atom stereocenters. The molecule has 1 aromatic carbocycles. The molecule has 0 bridgehead atoms. The first kappa shape index (κ1) is 17.8. The van der Waals surface area contributed by atoms with Crippen LogP contribution in [0.3, 0.4) is 0 Å². The zero-order valence-corrected chi connectivity index (χ0v) is 16.2. The van der Waals surface area contributed by atoms with Crippen molar-refractivity contribution in [3.63, 3.8) is 0 Å². The number of rotatable bonds is 5. The molecule has 1 N–H and O–H groups in total. The van der Waals surface area contributed by atoms with Crippen LogP contribution >= 0.6 is 0 Å². The Bertz CT molecular complexity index is 1200. The Kier molecular flexibility index (Phi) is 4.34. The van der Waals surface area contributed by atoms with Crippen LogP contribution in [0, 0.1) is 0 Å². The van der Waals surface area contributed by atoms with Crippen molar-refractivity contribution in [3.05, 3.63) is 47.4 Å². The molecule has 144 valence electrons. The lowest BCUT2D eigenvalue weighted by Crippen LogP contribution is -2.19. The van der Waals surface area contributed by atoms with E-state index in [4.69, 9.17) is 4.74 Å². The summed E-state index contributed by atoms with van der Waals surface area (Å²) in [5.41, 5.74) is 3.07. The summed E-state index contributed by atoms with van der Waals surface area (Å²) in [6.45, 7) is 2.74. The van der Waals surface area contributed by atoms with E-state index in [1.807, 2.05) is 29.8 Å². The largest absolute Gasteiger partial charge is 0.494 e. The van der Waals surface area contributed by atoms with Crippen LogP contribution in [0.15, 0.2) is 41.7 Å². The monoisotopic (exact) mass is 379 g/mol. The second-order valence-corrected chi connectivity index (χ2v) is 6.36. The first-order valence-corrected chi connectivity index (χ1v) is 8.88. The third kappa shape index (κ3) is 2.72. The van der Waals surface area contributed by atoms with Gasteiger partial charge in [-0.1, -0.05) is 0 Å². The molecule has 0 saturated heterocycles. The normalized spacial score (nSPS) is 11.1.